The summed E-state index contributed by atoms with van der Waals surface area (Å²) in [6.07, 6.45) is 4.69. The molecule has 0 amide bonds. The number of fused-ring (bicyclic) bond motifs is 1. The Labute approximate surface area is 124 Å². The van der Waals surface area contributed by atoms with E-state index in [9.17, 15) is 4.79 Å². The fourth-order valence-corrected chi connectivity index (χ4v) is 2.98. The van der Waals surface area contributed by atoms with E-state index < -0.39 is 5.97 Å². The van der Waals surface area contributed by atoms with Crippen molar-refractivity contribution in [1.29, 1.82) is 0 Å². The van der Waals surface area contributed by atoms with E-state index >= 15 is 0 Å². The summed E-state index contributed by atoms with van der Waals surface area (Å²) in [5.41, 5.74) is 4.09. The van der Waals surface area contributed by atoms with Crippen LogP contribution in [0.4, 0.5) is 5.69 Å². The summed E-state index contributed by atoms with van der Waals surface area (Å²) in [4.78, 5) is 10.9. The summed E-state index contributed by atoms with van der Waals surface area (Å²) in [7, 11) is 0. The summed E-state index contributed by atoms with van der Waals surface area (Å²) in [6.45, 7) is 0. The summed E-state index contributed by atoms with van der Waals surface area (Å²) in [5.74, 6) is -0.888. The van der Waals surface area contributed by atoms with Crippen molar-refractivity contribution in [2.75, 3.05) is 5.32 Å². The third-order valence-corrected chi connectivity index (χ3v) is 4.09. The fraction of sp³-hybridized carbons (Fsp3) is 0.278. The van der Waals surface area contributed by atoms with Gasteiger partial charge in [0.05, 0.1) is 11.6 Å². The number of benzene rings is 2. The molecule has 0 radical (unpaired) electrons. The van der Waals surface area contributed by atoms with Gasteiger partial charge in [-0.2, -0.15) is 0 Å². The molecule has 2 N–H and O–H groups in total. The van der Waals surface area contributed by atoms with Crippen molar-refractivity contribution in [3.8, 4) is 0 Å². The molecule has 0 saturated carbocycles. The van der Waals surface area contributed by atoms with Gasteiger partial charge in [-0.15, -0.1) is 0 Å². The largest absolute Gasteiger partial charge is 0.478 e. The van der Waals surface area contributed by atoms with Crippen molar-refractivity contribution in [2.45, 2.75) is 31.7 Å². The minimum atomic E-state index is -0.888. The van der Waals surface area contributed by atoms with Gasteiger partial charge in [-0.05, 0) is 54.7 Å². The average Bonchev–Trinajstić information content (AvgIpc) is 2.71. The second kappa shape index (κ2) is 6.00. The molecular weight excluding hydrogens is 262 g/mol. The molecule has 1 aliphatic carbocycles. The third kappa shape index (κ3) is 3.07. The Hall–Kier alpha value is -2.29. The number of carboxylic acid groups (broad SMARTS) is 1. The zero-order valence-electron chi connectivity index (χ0n) is 11.9. The van der Waals surface area contributed by atoms with Crippen LogP contribution in [0, 0.1) is 0 Å². The van der Waals surface area contributed by atoms with Gasteiger partial charge in [-0.1, -0.05) is 30.7 Å². The molecule has 0 aromatic heterocycles. The number of nitrogens with one attached hydrogen (secondary N) is 1. The van der Waals surface area contributed by atoms with Gasteiger partial charge in [0.25, 0.3) is 0 Å². The highest BCUT2D eigenvalue weighted by atomic mass is 16.4. The third-order valence-electron chi connectivity index (χ3n) is 4.09. The second-order valence-corrected chi connectivity index (χ2v) is 5.52. The van der Waals surface area contributed by atoms with Crippen molar-refractivity contribution >= 4 is 11.7 Å². The number of carboxylic acids is 1. The van der Waals surface area contributed by atoms with E-state index in [1.807, 2.05) is 12.1 Å². The Morgan fingerprint density at radius 1 is 1.05 bits per heavy atom. The first kappa shape index (κ1) is 13.7. The van der Waals surface area contributed by atoms with E-state index in [2.05, 4.69) is 29.6 Å². The molecule has 0 aliphatic heterocycles. The lowest BCUT2D eigenvalue weighted by molar-refractivity contribution is 0.0697. The number of carbonyl (C=O) groups is 1. The first-order chi connectivity index (χ1) is 10.2. The number of rotatable bonds is 3. The summed E-state index contributed by atoms with van der Waals surface area (Å²) in [6, 6.07) is 15.9. The molecule has 0 bridgehead atoms. The van der Waals surface area contributed by atoms with Crippen molar-refractivity contribution < 1.29 is 9.90 Å². The Kier molecular flexibility index (Phi) is 3.91. The van der Waals surface area contributed by atoms with Gasteiger partial charge in [-0.3, -0.25) is 0 Å². The van der Waals surface area contributed by atoms with E-state index in [-0.39, 0.29) is 0 Å². The van der Waals surface area contributed by atoms with Crippen LogP contribution < -0.4 is 5.32 Å². The maximum absolute atomic E-state index is 10.9. The van der Waals surface area contributed by atoms with E-state index in [0.717, 1.165) is 18.5 Å². The normalized spacial score (nSPS) is 17.6. The highest BCUT2D eigenvalue weighted by Crippen LogP contribution is 2.31. The zero-order valence-corrected chi connectivity index (χ0v) is 11.9. The quantitative estimate of drug-likeness (QED) is 0.826. The van der Waals surface area contributed by atoms with E-state index in [0.29, 0.717) is 11.6 Å². The Morgan fingerprint density at radius 3 is 2.57 bits per heavy atom. The van der Waals surface area contributed by atoms with Gasteiger partial charge in [0.15, 0.2) is 0 Å². The number of hydrogen-bond donors (Lipinski definition) is 2. The van der Waals surface area contributed by atoms with Crippen LogP contribution in [0.3, 0.4) is 0 Å². The van der Waals surface area contributed by atoms with Gasteiger partial charge in [0.1, 0.15) is 0 Å². The van der Waals surface area contributed by atoms with Crippen molar-refractivity contribution in [3.63, 3.8) is 0 Å². The molecule has 1 atom stereocenters. The highest BCUT2D eigenvalue weighted by molar-refractivity contribution is 5.88. The standard InChI is InChI=1S/C18H19NO2/c20-18(21)14-9-11-15(12-10-14)19-17-8-4-2-6-13-5-1-3-7-16(13)17/h1,3,5,7,9-12,17,19H,2,4,6,8H2,(H,20,21). The van der Waals surface area contributed by atoms with Crippen LogP contribution >= 0.6 is 0 Å². The van der Waals surface area contributed by atoms with E-state index in [4.69, 9.17) is 5.11 Å². The van der Waals surface area contributed by atoms with E-state index in [1.54, 1.807) is 12.1 Å². The number of aryl methyl sites for hydroxylation is 1. The van der Waals surface area contributed by atoms with Crippen molar-refractivity contribution in [2.24, 2.45) is 0 Å². The Balaban J connectivity index is 1.82. The molecule has 1 unspecified atom stereocenters. The summed E-state index contributed by atoms with van der Waals surface area (Å²) in [5, 5.41) is 12.5. The topological polar surface area (TPSA) is 49.3 Å². The summed E-state index contributed by atoms with van der Waals surface area (Å²) >= 11 is 0. The first-order valence-corrected chi connectivity index (χ1v) is 7.42. The monoisotopic (exact) mass is 281 g/mol. The van der Waals surface area contributed by atoms with Crippen LogP contribution in [-0.4, -0.2) is 11.1 Å². The lowest BCUT2D eigenvalue weighted by atomic mass is 9.99. The maximum Gasteiger partial charge on any atom is 0.335 e. The minimum Gasteiger partial charge on any atom is -0.478 e. The minimum absolute atomic E-state index is 0.305. The van der Waals surface area contributed by atoms with Crippen molar-refractivity contribution in [3.05, 3.63) is 65.2 Å². The molecule has 0 fully saturated rings. The highest BCUT2D eigenvalue weighted by Gasteiger charge is 2.18. The Bertz CT molecular complexity index is 634. The van der Waals surface area contributed by atoms with Crippen LogP contribution in [-0.2, 0) is 6.42 Å². The van der Waals surface area contributed by atoms with Crippen LogP contribution in [0.1, 0.15) is 46.8 Å². The number of hydrogen-bond acceptors (Lipinski definition) is 2. The number of anilines is 1. The molecule has 3 nitrogen and oxygen atoms in total. The first-order valence-electron chi connectivity index (χ1n) is 7.42. The smallest absolute Gasteiger partial charge is 0.335 e. The van der Waals surface area contributed by atoms with Crippen LogP contribution in [0.5, 0.6) is 0 Å². The maximum atomic E-state index is 10.9. The molecule has 2 aromatic rings. The van der Waals surface area contributed by atoms with Gasteiger partial charge >= 0.3 is 5.97 Å². The predicted octanol–water partition coefficient (Wildman–Crippen LogP) is 4.26. The predicted molar refractivity (Wildman–Crippen MR) is 83.8 cm³/mol. The molecule has 0 saturated heterocycles. The zero-order chi connectivity index (χ0) is 14.7. The number of aromatic carboxylic acids is 1. The van der Waals surface area contributed by atoms with E-state index in [1.165, 1.54) is 24.0 Å². The molecule has 108 valence electrons. The summed E-state index contributed by atoms with van der Waals surface area (Å²) < 4.78 is 0. The van der Waals surface area contributed by atoms with Crippen molar-refractivity contribution in [1.82, 2.24) is 0 Å². The molecular formula is C18H19NO2. The SMILES string of the molecule is O=C(O)c1ccc(NC2CCCCc3ccccc32)cc1. The van der Waals surface area contributed by atoms with Gasteiger partial charge in [0.2, 0.25) is 0 Å². The molecule has 0 heterocycles. The Morgan fingerprint density at radius 2 is 1.81 bits per heavy atom. The lowest BCUT2D eigenvalue weighted by Crippen LogP contribution is -2.11. The van der Waals surface area contributed by atoms with Crippen LogP contribution in [0.25, 0.3) is 0 Å². The van der Waals surface area contributed by atoms with Crippen LogP contribution in [0.2, 0.25) is 0 Å². The molecule has 21 heavy (non-hydrogen) atoms. The second-order valence-electron chi connectivity index (χ2n) is 5.52. The lowest BCUT2D eigenvalue weighted by Gasteiger charge is -2.20. The van der Waals surface area contributed by atoms with Gasteiger partial charge in [0, 0.05) is 5.69 Å². The van der Waals surface area contributed by atoms with Crippen LogP contribution in [0.15, 0.2) is 48.5 Å². The molecule has 1 aliphatic rings. The van der Waals surface area contributed by atoms with Gasteiger partial charge < -0.3 is 10.4 Å². The molecule has 3 rings (SSSR count). The van der Waals surface area contributed by atoms with Gasteiger partial charge in [-0.25, -0.2) is 4.79 Å². The average molecular weight is 281 g/mol. The fourth-order valence-electron chi connectivity index (χ4n) is 2.98. The molecule has 2 aromatic carbocycles. The molecule has 0 spiro atoms. The molecule has 3 heteroatoms.